The van der Waals surface area contributed by atoms with Crippen molar-refractivity contribution in [1.82, 2.24) is 31.5 Å². The van der Waals surface area contributed by atoms with Crippen molar-refractivity contribution in [1.29, 1.82) is 0 Å². The summed E-state index contributed by atoms with van der Waals surface area (Å²) in [4.78, 5) is 97.4. The molecule has 252 valence electrons. The van der Waals surface area contributed by atoms with Crippen molar-refractivity contribution < 1.29 is 43.1 Å². The summed E-state index contributed by atoms with van der Waals surface area (Å²) >= 11 is 0. The van der Waals surface area contributed by atoms with Gasteiger partial charge in [0.05, 0.1) is 26.2 Å². The van der Waals surface area contributed by atoms with Crippen molar-refractivity contribution in [2.45, 2.75) is 51.5 Å². The number of primary amides is 1. The molecule has 0 bridgehead atoms. The van der Waals surface area contributed by atoms with Crippen molar-refractivity contribution >= 4 is 47.3 Å². The Bertz CT molecular complexity index is 1240. The molecule has 1 aromatic carbocycles. The fraction of sp³-hybridized carbons (Fsp3) is 0.533. The third-order valence-electron chi connectivity index (χ3n) is 6.82. The molecule has 2 atom stereocenters. The number of rotatable bonds is 21. The Morgan fingerprint density at radius 1 is 0.870 bits per heavy atom. The molecule has 2 rings (SSSR count). The van der Waals surface area contributed by atoms with Crippen molar-refractivity contribution in [3.8, 4) is 0 Å². The smallest absolute Gasteiger partial charge is 0.243 e. The molecule has 0 saturated carbocycles. The number of hydrogen-bond donors (Lipinski definition) is 6. The molecular weight excluding hydrogens is 602 g/mol. The van der Waals surface area contributed by atoms with E-state index < -0.39 is 42.1 Å². The summed E-state index contributed by atoms with van der Waals surface area (Å²) in [5, 5.41) is 12.4. The Hall–Kier alpha value is -4.86. The Morgan fingerprint density at radius 3 is 2.20 bits per heavy atom. The van der Waals surface area contributed by atoms with Crippen LogP contribution < -0.4 is 32.3 Å². The number of hydrogen-bond acceptors (Lipinski definition) is 9. The molecule has 0 aromatic heterocycles. The molecule has 1 unspecified atom stereocenters. The highest BCUT2D eigenvalue weighted by atomic mass is 16.5. The zero-order valence-corrected chi connectivity index (χ0v) is 25.9. The van der Waals surface area contributed by atoms with E-state index in [1.807, 2.05) is 0 Å². The highest BCUT2D eigenvalue weighted by Crippen LogP contribution is 2.19. The largest absolute Gasteiger partial charge is 0.370 e. The topological polar surface area (TPSA) is 235 Å². The van der Waals surface area contributed by atoms with Crippen LogP contribution >= 0.6 is 0 Å². The molecule has 1 fully saturated rings. The maximum Gasteiger partial charge on any atom is 0.243 e. The fourth-order valence-electron chi connectivity index (χ4n) is 4.42. The van der Waals surface area contributed by atoms with Crippen LogP contribution in [0, 0.1) is 5.92 Å². The number of imide groups is 1. The molecule has 1 saturated heterocycles. The summed E-state index contributed by atoms with van der Waals surface area (Å²) in [5.41, 5.74) is 5.71. The molecular formula is C30H43N7O9. The Morgan fingerprint density at radius 2 is 1.52 bits per heavy atom. The minimum absolute atomic E-state index is 0.0529. The zero-order chi connectivity index (χ0) is 33.9. The van der Waals surface area contributed by atoms with E-state index in [1.165, 1.54) is 4.90 Å². The molecule has 46 heavy (non-hydrogen) atoms. The van der Waals surface area contributed by atoms with Gasteiger partial charge in [0.15, 0.2) is 0 Å². The van der Waals surface area contributed by atoms with Gasteiger partial charge in [0.1, 0.15) is 12.6 Å². The van der Waals surface area contributed by atoms with Crippen LogP contribution in [0.4, 0.5) is 0 Å². The molecule has 1 aliphatic heterocycles. The van der Waals surface area contributed by atoms with Gasteiger partial charge in [-0.2, -0.15) is 0 Å². The van der Waals surface area contributed by atoms with E-state index in [2.05, 4.69) is 26.6 Å². The molecule has 16 nitrogen and oxygen atoms in total. The second-order valence-electron chi connectivity index (χ2n) is 10.7. The molecule has 8 amide bonds. The predicted molar refractivity (Wildman–Crippen MR) is 163 cm³/mol. The molecule has 7 N–H and O–H groups in total. The molecule has 0 aliphatic carbocycles. The number of carbonyl (C=O) groups is 8. The summed E-state index contributed by atoms with van der Waals surface area (Å²) < 4.78 is 4.94. The molecule has 1 aliphatic rings. The van der Waals surface area contributed by atoms with Crippen LogP contribution in [0.3, 0.4) is 0 Å². The van der Waals surface area contributed by atoms with Gasteiger partial charge in [-0.1, -0.05) is 43.7 Å². The fourth-order valence-corrected chi connectivity index (χ4v) is 4.42. The summed E-state index contributed by atoms with van der Waals surface area (Å²) in [5.74, 6) is -4.02. The quantitative estimate of drug-likeness (QED) is 0.0619. The summed E-state index contributed by atoms with van der Waals surface area (Å²) in [6.07, 6.45) is 2.23. The number of benzene rings is 1. The van der Waals surface area contributed by atoms with Crippen LogP contribution in [0.1, 0.15) is 44.6 Å². The van der Waals surface area contributed by atoms with Crippen LogP contribution in [0.15, 0.2) is 30.3 Å². The summed E-state index contributed by atoms with van der Waals surface area (Å²) in [6, 6.07) is 7.83. The Balaban J connectivity index is 1.69. The molecule has 1 aromatic rings. The highest BCUT2D eigenvalue weighted by Gasteiger charge is 2.34. The zero-order valence-electron chi connectivity index (χ0n) is 25.9. The van der Waals surface area contributed by atoms with Crippen molar-refractivity contribution in [2.24, 2.45) is 11.7 Å². The standard InChI is InChI=1S/C30H43N7O9/c1-20-14-28(43)37(30(20)45)12-7-3-6-10-24(39)33-16-26(41)34-18-27(42)36-22(15-21-8-4-2-5-9-21)29(44)35-17-25(40)32-11-13-46-19-23(31)38/h2,4-5,8-9,20,22H,3,6-7,10-19H2,1H3,(H2,31,38)(H,32,40)(H,33,39)(H,34,41)(H,35,44)(H,36,42)/t20?,22-/m0/s1. The van der Waals surface area contributed by atoms with Crippen molar-refractivity contribution in [3.63, 3.8) is 0 Å². The van der Waals surface area contributed by atoms with E-state index in [0.29, 0.717) is 25.8 Å². The average molecular weight is 646 g/mol. The second kappa shape index (κ2) is 20.2. The lowest BCUT2D eigenvalue weighted by Gasteiger charge is -2.19. The van der Waals surface area contributed by atoms with Gasteiger partial charge in [0, 0.05) is 38.3 Å². The first kappa shape index (κ1) is 37.3. The first-order chi connectivity index (χ1) is 22.0. The van der Waals surface area contributed by atoms with Gasteiger partial charge < -0.3 is 37.1 Å². The highest BCUT2D eigenvalue weighted by molar-refractivity contribution is 6.03. The number of likely N-dealkylation sites (tertiary alicyclic amines) is 1. The van der Waals surface area contributed by atoms with E-state index in [4.69, 9.17) is 10.5 Å². The minimum Gasteiger partial charge on any atom is -0.370 e. The van der Waals surface area contributed by atoms with Crippen molar-refractivity contribution in [3.05, 3.63) is 35.9 Å². The molecule has 0 radical (unpaired) electrons. The molecule has 0 spiro atoms. The molecule has 16 heteroatoms. The molecule has 1 heterocycles. The Kier molecular flexibility index (Phi) is 16.4. The summed E-state index contributed by atoms with van der Waals surface area (Å²) in [7, 11) is 0. The number of ether oxygens (including phenoxy) is 1. The van der Waals surface area contributed by atoms with Gasteiger partial charge >= 0.3 is 0 Å². The van der Waals surface area contributed by atoms with Crippen LogP contribution in [0.25, 0.3) is 0 Å². The van der Waals surface area contributed by atoms with Crippen LogP contribution in [0.2, 0.25) is 0 Å². The van der Waals surface area contributed by atoms with Crippen LogP contribution in [-0.2, 0) is 49.5 Å². The average Bonchev–Trinajstić information content (AvgIpc) is 3.26. The van der Waals surface area contributed by atoms with Gasteiger partial charge in [0.25, 0.3) is 0 Å². The second-order valence-corrected chi connectivity index (χ2v) is 10.7. The third-order valence-corrected chi connectivity index (χ3v) is 6.82. The maximum atomic E-state index is 12.8. The lowest BCUT2D eigenvalue weighted by Crippen LogP contribution is -2.52. The van der Waals surface area contributed by atoms with Crippen LogP contribution in [-0.4, -0.2) is 104 Å². The van der Waals surface area contributed by atoms with E-state index in [0.717, 1.165) is 5.56 Å². The predicted octanol–water partition coefficient (Wildman–Crippen LogP) is -2.36. The number of carbonyl (C=O) groups excluding carboxylic acids is 8. The van der Waals surface area contributed by atoms with E-state index in [1.54, 1.807) is 37.3 Å². The van der Waals surface area contributed by atoms with E-state index >= 15 is 0 Å². The third kappa shape index (κ3) is 14.7. The van der Waals surface area contributed by atoms with Crippen molar-refractivity contribution in [2.75, 3.05) is 45.9 Å². The number of nitrogens with zero attached hydrogens (tertiary/aromatic N) is 1. The van der Waals surface area contributed by atoms with E-state index in [-0.39, 0.29) is 75.7 Å². The lowest BCUT2D eigenvalue weighted by molar-refractivity contribution is -0.139. The maximum absolute atomic E-state index is 12.8. The number of unbranched alkanes of at least 4 members (excludes halogenated alkanes) is 2. The monoisotopic (exact) mass is 645 g/mol. The number of nitrogens with one attached hydrogen (secondary N) is 5. The van der Waals surface area contributed by atoms with Gasteiger partial charge in [-0.3, -0.25) is 43.3 Å². The SMILES string of the molecule is CC1CC(=O)N(CCCCCC(=O)NCC(=O)NCC(=O)N[C@@H](Cc2ccccc2)C(=O)NCC(=O)NCCOCC(N)=O)C1=O. The number of nitrogens with two attached hydrogens (primary N) is 1. The van der Waals surface area contributed by atoms with Gasteiger partial charge in [0.2, 0.25) is 47.3 Å². The van der Waals surface area contributed by atoms with Crippen LogP contribution in [0.5, 0.6) is 0 Å². The normalized spacial score (nSPS) is 14.7. The van der Waals surface area contributed by atoms with Gasteiger partial charge in [-0.05, 0) is 18.4 Å². The van der Waals surface area contributed by atoms with Gasteiger partial charge in [-0.15, -0.1) is 0 Å². The van der Waals surface area contributed by atoms with E-state index in [9.17, 15) is 38.4 Å². The van der Waals surface area contributed by atoms with Gasteiger partial charge in [-0.25, -0.2) is 0 Å². The number of amides is 8. The minimum atomic E-state index is -1.05. The first-order valence-corrected chi connectivity index (χ1v) is 15.1. The Labute approximate surface area is 266 Å². The lowest BCUT2D eigenvalue weighted by atomic mass is 10.1. The first-order valence-electron chi connectivity index (χ1n) is 15.1. The summed E-state index contributed by atoms with van der Waals surface area (Å²) in [6.45, 7) is 0.741.